The molecular weight excluding hydrogens is 232 g/mol. The highest BCUT2D eigenvalue weighted by Crippen LogP contribution is 2.38. The van der Waals surface area contributed by atoms with Gasteiger partial charge >= 0.3 is 0 Å². The first-order valence-corrected chi connectivity index (χ1v) is 6.11. The highest BCUT2D eigenvalue weighted by molar-refractivity contribution is 7.80. The summed E-state index contributed by atoms with van der Waals surface area (Å²) in [5.74, 6) is 0.776. The smallest absolute Gasteiger partial charge is 0.227 e. The van der Waals surface area contributed by atoms with Gasteiger partial charge in [-0.1, -0.05) is 31.3 Å². The van der Waals surface area contributed by atoms with Gasteiger partial charge in [-0.15, -0.1) is 0 Å². The number of carbonyl (C=O) groups excluding carboxylic acids is 1. The lowest BCUT2D eigenvalue weighted by Crippen LogP contribution is -2.16. The number of carbonyl (C=O) groups is 1. The van der Waals surface area contributed by atoms with E-state index in [1.54, 1.807) is 0 Å². The summed E-state index contributed by atoms with van der Waals surface area (Å²) in [7, 11) is 0. The Labute approximate surface area is 106 Å². The number of anilines is 1. The average Bonchev–Trinajstić information content (AvgIpc) is 2.98. The first-order chi connectivity index (χ1) is 7.99. The van der Waals surface area contributed by atoms with Crippen molar-refractivity contribution in [3.63, 3.8) is 0 Å². The standard InChI is InChI=1S/C13H16N2OS/c1-7-3-4-9(12(14)17)6-11(7)15-13(16)10-5-8(10)2/h3-4,6,8,10H,5H2,1-2H3,(H2,14,17)(H,15,16). The van der Waals surface area contributed by atoms with Crippen molar-refractivity contribution in [2.75, 3.05) is 5.32 Å². The van der Waals surface area contributed by atoms with Crippen LogP contribution in [0, 0.1) is 18.8 Å². The summed E-state index contributed by atoms with van der Waals surface area (Å²) >= 11 is 4.93. The molecule has 1 aromatic rings. The number of thiocarbonyl (C=S) groups is 1. The monoisotopic (exact) mass is 248 g/mol. The van der Waals surface area contributed by atoms with Crippen molar-refractivity contribution in [3.8, 4) is 0 Å². The lowest BCUT2D eigenvalue weighted by Gasteiger charge is -2.10. The number of aryl methyl sites for hydroxylation is 1. The van der Waals surface area contributed by atoms with Crippen LogP contribution >= 0.6 is 12.2 Å². The Morgan fingerprint density at radius 2 is 2.18 bits per heavy atom. The zero-order chi connectivity index (χ0) is 12.6. The van der Waals surface area contributed by atoms with Gasteiger partial charge in [-0.05, 0) is 30.9 Å². The van der Waals surface area contributed by atoms with Gasteiger partial charge in [0.05, 0.1) is 0 Å². The zero-order valence-electron chi connectivity index (χ0n) is 9.99. The molecule has 0 aromatic heterocycles. The van der Waals surface area contributed by atoms with Crippen LogP contribution in [-0.4, -0.2) is 10.9 Å². The summed E-state index contributed by atoms with van der Waals surface area (Å²) in [5.41, 5.74) is 8.18. The Morgan fingerprint density at radius 3 is 2.71 bits per heavy atom. The van der Waals surface area contributed by atoms with E-state index in [2.05, 4.69) is 12.2 Å². The summed E-state index contributed by atoms with van der Waals surface area (Å²) in [6, 6.07) is 5.62. The van der Waals surface area contributed by atoms with Crippen LogP contribution in [0.5, 0.6) is 0 Å². The molecule has 0 radical (unpaired) electrons. The van der Waals surface area contributed by atoms with Crippen molar-refractivity contribution in [2.45, 2.75) is 20.3 Å². The fraction of sp³-hybridized carbons (Fsp3) is 0.385. The molecule has 0 spiro atoms. The van der Waals surface area contributed by atoms with Crippen molar-refractivity contribution in [1.29, 1.82) is 0 Å². The number of benzene rings is 1. The SMILES string of the molecule is Cc1ccc(C(N)=S)cc1NC(=O)C1CC1C. The third kappa shape index (κ3) is 2.64. The van der Waals surface area contributed by atoms with E-state index in [1.807, 2.05) is 25.1 Å². The van der Waals surface area contributed by atoms with E-state index in [0.717, 1.165) is 23.2 Å². The molecule has 2 unspecified atom stereocenters. The number of rotatable bonds is 3. The molecule has 1 aliphatic carbocycles. The second-order valence-corrected chi connectivity index (χ2v) is 5.14. The molecule has 17 heavy (non-hydrogen) atoms. The van der Waals surface area contributed by atoms with Gasteiger partial charge in [0.25, 0.3) is 0 Å². The van der Waals surface area contributed by atoms with E-state index in [4.69, 9.17) is 18.0 Å². The van der Waals surface area contributed by atoms with Gasteiger partial charge in [0.2, 0.25) is 5.91 Å². The van der Waals surface area contributed by atoms with Gasteiger partial charge in [0, 0.05) is 17.2 Å². The van der Waals surface area contributed by atoms with Crippen molar-refractivity contribution < 1.29 is 4.79 Å². The summed E-state index contributed by atoms with van der Waals surface area (Å²) in [4.78, 5) is 12.2. The summed E-state index contributed by atoms with van der Waals surface area (Å²) < 4.78 is 0. The van der Waals surface area contributed by atoms with Gasteiger partial charge in [0.1, 0.15) is 4.99 Å². The predicted molar refractivity (Wildman–Crippen MR) is 73.0 cm³/mol. The molecule has 0 heterocycles. The highest BCUT2D eigenvalue weighted by atomic mass is 32.1. The first-order valence-electron chi connectivity index (χ1n) is 5.70. The van der Waals surface area contributed by atoms with Crippen LogP contribution in [0.3, 0.4) is 0 Å². The fourth-order valence-corrected chi connectivity index (χ4v) is 1.95. The van der Waals surface area contributed by atoms with Crippen LogP contribution in [0.2, 0.25) is 0 Å². The molecule has 3 nitrogen and oxygen atoms in total. The topological polar surface area (TPSA) is 55.1 Å². The lowest BCUT2D eigenvalue weighted by atomic mass is 10.1. The van der Waals surface area contributed by atoms with Crippen LogP contribution in [0.15, 0.2) is 18.2 Å². The van der Waals surface area contributed by atoms with E-state index in [-0.39, 0.29) is 11.8 Å². The minimum Gasteiger partial charge on any atom is -0.389 e. The predicted octanol–water partition coefficient (Wildman–Crippen LogP) is 2.22. The molecule has 2 rings (SSSR count). The van der Waals surface area contributed by atoms with Crippen LogP contribution in [-0.2, 0) is 4.79 Å². The van der Waals surface area contributed by atoms with E-state index >= 15 is 0 Å². The Balaban J connectivity index is 2.16. The lowest BCUT2D eigenvalue weighted by molar-refractivity contribution is -0.117. The molecule has 1 amide bonds. The molecule has 2 atom stereocenters. The highest BCUT2D eigenvalue weighted by Gasteiger charge is 2.39. The molecular formula is C13H16N2OS. The molecule has 0 saturated heterocycles. The second-order valence-electron chi connectivity index (χ2n) is 4.70. The molecule has 0 aliphatic heterocycles. The normalized spacial score (nSPS) is 22.0. The molecule has 90 valence electrons. The Hall–Kier alpha value is -1.42. The van der Waals surface area contributed by atoms with Gasteiger partial charge in [0.15, 0.2) is 0 Å². The Morgan fingerprint density at radius 1 is 1.53 bits per heavy atom. The maximum atomic E-state index is 11.8. The quantitative estimate of drug-likeness (QED) is 0.806. The van der Waals surface area contributed by atoms with E-state index in [1.165, 1.54) is 0 Å². The van der Waals surface area contributed by atoms with E-state index in [0.29, 0.717) is 10.9 Å². The second kappa shape index (κ2) is 4.45. The molecule has 1 aromatic carbocycles. The maximum absolute atomic E-state index is 11.8. The molecule has 1 fully saturated rings. The molecule has 4 heteroatoms. The fourth-order valence-electron chi connectivity index (χ4n) is 1.82. The minimum absolute atomic E-state index is 0.0979. The summed E-state index contributed by atoms with van der Waals surface area (Å²) in [6.45, 7) is 4.04. The van der Waals surface area contributed by atoms with Gasteiger partial charge in [-0.2, -0.15) is 0 Å². The molecule has 0 bridgehead atoms. The average molecular weight is 248 g/mol. The maximum Gasteiger partial charge on any atom is 0.227 e. The minimum atomic E-state index is 0.0979. The third-order valence-corrected chi connectivity index (χ3v) is 3.46. The number of hydrogen-bond donors (Lipinski definition) is 2. The van der Waals surface area contributed by atoms with Crippen molar-refractivity contribution in [2.24, 2.45) is 17.6 Å². The van der Waals surface area contributed by atoms with E-state index < -0.39 is 0 Å². The van der Waals surface area contributed by atoms with Crippen LogP contribution < -0.4 is 11.1 Å². The molecule has 1 saturated carbocycles. The van der Waals surface area contributed by atoms with Gasteiger partial charge < -0.3 is 11.1 Å². The zero-order valence-corrected chi connectivity index (χ0v) is 10.8. The summed E-state index contributed by atoms with van der Waals surface area (Å²) in [5, 5.41) is 2.94. The third-order valence-electron chi connectivity index (χ3n) is 3.23. The van der Waals surface area contributed by atoms with Gasteiger partial charge in [-0.3, -0.25) is 4.79 Å². The van der Waals surface area contributed by atoms with Crippen molar-refractivity contribution in [1.82, 2.24) is 0 Å². The van der Waals surface area contributed by atoms with Crippen LogP contribution in [0.25, 0.3) is 0 Å². The first kappa shape index (κ1) is 12.0. The van der Waals surface area contributed by atoms with Crippen LogP contribution in [0.1, 0.15) is 24.5 Å². The number of hydrogen-bond acceptors (Lipinski definition) is 2. The Bertz CT molecular complexity index is 484. The van der Waals surface area contributed by atoms with Crippen molar-refractivity contribution in [3.05, 3.63) is 29.3 Å². The summed E-state index contributed by atoms with van der Waals surface area (Å²) in [6.07, 6.45) is 0.986. The van der Waals surface area contributed by atoms with Crippen molar-refractivity contribution >= 4 is 28.8 Å². The van der Waals surface area contributed by atoms with Crippen LogP contribution in [0.4, 0.5) is 5.69 Å². The molecule has 1 aliphatic rings. The number of nitrogens with one attached hydrogen (secondary N) is 1. The largest absolute Gasteiger partial charge is 0.389 e. The van der Waals surface area contributed by atoms with Gasteiger partial charge in [-0.25, -0.2) is 0 Å². The molecule has 3 N–H and O–H groups in total. The Kier molecular flexibility index (Phi) is 3.15. The van der Waals surface area contributed by atoms with E-state index in [9.17, 15) is 4.79 Å². The number of nitrogens with two attached hydrogens (primary N) is 1. The number of amides is 1.